The third-order valence-corrected chi connectivity index (χ3v) is 2.15. The lowest BCUT2D eigenvalue weighted by molar-refractivity contribution is 0.0516. The summed E-state index contributed by atoms with van der Waals surface area (Å²) in [6, 6.07) is 5.41. The van der Waals surface area contributed by atoms with Gasteiger partial charge in [-0.25, -0.2) is 4.79 Å². The van der Waals surface area contributed by atoms with Gasteiger partial charge in [-0.05, 0) is 26.8 Å². The molecule has 0 aliphatic heterocycles. The highest BCUT2D eigenvalue weighted by Gasteiger charge is 2.19. The van der Waals surface area contributed by atoms with E-state index in [1.807, 2.05) is 32.9 Å². The maximum atomic E-state index is 11.8. The molecule has 0 aliphatic rings. The van der Waals surface area contributed by atoms with Crippen molar-refractivity contribution in [3.8, 4) is 0 Å². The lowest BCUT2D eigenvalue weighted by atomic mass is 10.2. The Balaban J connectivity index is 2.37. The zero-order chi connectivity index (χ0) is 12.6. The van der Waals surface area contributed by atoms with Crippen LogP contribution < -0.4 is 5.73 Å². The fourth-order valence-electron chi connectivity index (χ4n) is 1.47. The Kier molecular flexibility index (Phi) is 2.53. The van der Waals surface area contributed by atoms with Gasteiger partial charge in [0.25, 0.3) is 0 Å². The molecule has 2 aromatic rings. The van der Waals surface area contributed by atoms with Crippen molar-refractivity contribution in [2.24, 2.45) is 0 Å². The van der Waals surface area contributed by atoms with Crippen LogP contribution in [0.4, 0.5) is 10.5 Å². The molecule has 1 heterocycles. The predicted octanol–water partition coefficient (Wildman–Crippen LogP) is 2.40. The van der Waals surface area contributed by atoms with E-state index in [4.69, 9.17) is 10.5 Å². The fraction of sp³-hybridized carbons (Fsp3) is 0.333. The van der Waals surface area contributed by atoms with E-state index in [9.17, 15) is 4.79 Å². The van der Waals surface area contributed by atoms with Gasteiger partial charge in [0.15, 0.2) is 0 Å². The van der Waals surface area contributed by atoms with Crippen molar-refractivity contribution in [2.45, 2.75) is 26.4 Å². The number of fused-ring (bicyclic) bond motifs is 1. The van der Waals surface area contributed by atoms with E-state index >= 15 is 0 Å². The minimum atomic E-state index is -0.541. The molecule has 5 heteroatoms. The van der Waals surface area contributed by atoms with Crippen LogP contribution in [-0.2, 0) is 4.74 Å². The van der Waals surface area contributed by atoms with Crippen molar-refractivity contribution in [2.75, 3.05) is 5.73 Å². The summed E-state index contributed by atoms with van der Waals surface area (Å²) in [6.07, 6.45) is 1.10. The Morgan fingerprint density at radius 1 is 1.41 bits per heavy atom. The van der Waals surface area contributed by atoms with Crippen LogP contribution in [0.5, 0.6) is 0 Å². The third-order valence-electron chi connectivity index (χ3n) is 2.15. The summed E-state index contributed by atoms with van der Waals surface area (Å²) < 4.78 is 6.39. The fourth-order valence-corrected chi connectivity index (χ4v) is 1.47. The van der Waals surface area contributed by atoms with E-state index in [-0.39, 0.29) is 0 Å². The summed E-state index contributed by atoms with van der Waals surface area (Å²) in [6.45, 7) is 5.42. The van der Waals surface area contributed by atoms with Gasteiger partial charge < -0.3 is 10.5 Å². The molecule has 17 heavy (non-hydrogen) atoms. The SMILES string of the molecule is CC(C)(C)OC(=O)n1cc2cccc(N)c2n1. The Labute approximate surface area is 99.2 Å². The lowest BCUT2D eigenvalue weighted by Gasteiger charge is -2.18. The first-order chi connectivity index (χ1) is 7.87. The number of benzene rings is 1. The van der Waals surface area contributed by atoms with Crippen LogP contribution in [0.25, 0.3) is 10.9 Å². The average Bonchev–Trinajstić information content (AvgIpc) is 2.60. The Bertz CT molecular complexity index is 567. The first-order valence-corrected chi connectivity index (χ1v) is 5.34. The van der Waals surface area contributed by atoms with Crippen molar-refractivity contribution >= 4 is 22.7 Å². The largest absolute Gasteiger partial charge is 0.442 e. The van der Waals surface area contributed by atoms with Crippen LogP contribution in [0, 0.1) is 0 Å². The highest BCUT2D eigenvalue weighted by molar-refractivity contribution is 5.90. The molecular weight excluding hydrogens is 218 g/mol. The molecule has 0 spiro atoms. The summed E-state index contributed by atoms with van der Waals surface area (Å²) in [5.74, 6) is 0. The van der Waals surface area contributed by atoms with Gasteiger partial charge in [-0.2, -0.15) is 9.78 Å². The number of carbonyl (C=O) groups excluding carboxylic acids is 1. The topological polar surface area (TPSA) is 70.1 Å². The van der Waals surface area contributed by atoms with Gasteiger partial charge in [0.05, 0.1) is 5.69 Å². The smallest absolute Gasteiger partial charge is 0.435 e. The minimum Gasteiger partial charge on any atom is -0.442 e. The van der Waals surface area contributed by atoms with Crippen molar-refractivity contribution in [1.29, 1.82) is 0 Å². The van der Waals surface area contributed by atoms with Crippen molar-refractivity contribution in [3.05, 3.63) is 24.4 Å². The molecule has 2 N–H and O–H groups in total. The second-order valence-corrected chi connectivity index (χ2v) is 4.84. The molecule has 0 atom stereocenters. The molecule has 0 amide bonds. The molecule has 5 nitrogen and oxygen atoms in total. The van der Waals surface area contributed by atoms with Gasteiger partial charge in [0.2, 0.25) is 0 Å². The van der Waals surface area contributed by atoms with E-state index in [0.29, 0.717) is 11.2 Å². The minimum absolute atomic E-state index is 0.506. The summed E-state index contributed by atoms with van der Waals surface area (Å²) in [5, 5.41) is 4.93. The summed E-state index contributed by atoms with van der Waals surface area (Å²) >= 11 is 0. The molecule has 1 aromatic heterocycles. The van der Waals surface area contributed by atoms with E-state index < -0.39 is 11.7 Å². The number of nitrogen functional groups attached to an aromatic ring is 1. The number of nitrogens with zero attached hydrogens (tertiary/aromatic N) is 2. The first-order valence-electron chi connectivity index (χ1n) is 5.34. The van der Waals surface area contributed by atoms with Crippen molar-refractivity contribution in [1.82, 2.24) is 9.78 Å². The highest BCUT2D eigenvalue weighted by Crippen LogP contribution is 2.19. The average molecular weight is 233 g/mol. The predicted molar refractivity (Wildman–Crippen MR) is 65.8 cm³/mol. The molecule has 0 saturated carbocycles. The van der Waals surface area contributed by atoms with E-state index in [2.05, 4.69) is 5.10 Å². The zero-order valence-corrected chi connectivity index (χ0v) is 10.1. The van der Waals surface area contributed by atoms with Crippen LogP contribution in [-0.4, -0.2) is 21.5 Å². The number of hydrogen-bond donors (Lipinski definition) is 1. The van der Waals surface area contributed by atoms with Crippen molar-refractivity contribution < 1.29 is 9.53 Å². The Morgan fingerprint density at radius 3 is 2.71 bits per heavy atom. The molecule has 0 aliphatic carbocycles. The molecule has 0 fully saturated rings. The summed E-state index contributed by atoms with van der Waals surface area (Å²) in [4.78, 5) is 11.8. The quantitative estimate of drug-likeness (QED) is 0.709. The standard InChI is InChI=1S/C12H15N3O2/c1-12(2,3)17-11(16)15-7-8-5-4-6-9(13)10(8)14-15/h4-7H,13H2,1-3H3. The molecule has 2 rings (SSSR count). The maximum absolute atomic E-state index is 11.8. The van der Waals surface area contributed by atoms with Gasteiger partial charge in [-0.1, -0.05) is 12.1 Å². The maximum Gasteiger partial charge on any atom is 0.435 e. The highest BCUT2D eigenvalue weighted by atomic mass is 16.6. The van der Waals surface area contributed by atoms with Gasteiger partial charge in [-0.3, -0.25) is 0 Å². The molecule has 0 saturated heterocycles. The molecular formula is C12H15N3O2. The molecule has 90 valence electrons. The van der Waals surface area contributed by atoms with E-state index in [0.717, 1.165) is 5.39 Å². The van der Waals surface area contributed by atoms with Gasteiger partial charge in [-0.15, -0.1) is 0 Å². The number of anilines is 1. The van der Waals surface area contributed by atoms with E-state index in [1.54, 1.807) is 12.3 Å². The molecule has 0 unspecified atom stereocenters. The number of ether oxygens (including phenoxy) is 1. The Morgan fingerprint density at radius 2 is 2.12 bits per heavy atom. The van der Waals surface area contributed by atoms with Crippen molar-refractivity contribution in [3.63, 3.8) is 0 Å². The number of hydrogen-bond acceptors (Lipinski definition) is 4. The van der Waals surface area contributed by atoms with Gasteiger partial charge in [0.1, 0.15) is 11.1 Å². The lowest BCUT2D eigenvalue weighted by Crippen LogP contribution is -2.27. The van der Waals surface area contributed by atoms with Crippen LogP contribution in [0.3, 0.4) is 0 Å². The number of rotatable bonds is 0. The second kappa shape index (κ2) is 3.76. The number of aromatic nitrogens is 2. The van der Waals surface area contributed by atoms with Crippen LogP contribution in [0.15, 0.2) is 24.4 Å². The van der Waals surface area contributed by atoms with Crippen LogP contribution in [0.1, 0.15) is 20.8 Å². The monoisotopic (exact) mass is 233 g/mol. The number of nitrogens with two attached hydrogens (primary N) is 1. The van der Waals surface area contributed by atoms with Gasteiger partial charge in [0, 0.05) is 11.6 Å². The Hall–Kier alpha value is -2.04. The summed E-state index contributed by atoms with van der Waals surface area (Å²) in [7, 11) is 0. The van der Waals surface area contributed by atoms with Crippen LogP contribution in [0.2, 0.25) is 0 Å². The van der Waals surface area contributed by atoms with E-state index in [1.165, 1.54) is 4.68 Å². The third kappa shape index (κ3) is 2.38. The molecule has 0 radical (unpaired) electrons. The van der Waals surface area contributed by atoms with Crippen LogP contribution >= 0.6 is 0 Å². The zero-order valence-electron chi connectivity index (χ0n) is 10.1. The second-order valence-electron chi connectivity index (χ2n) is 4.84. The van der Waals surface area contributed by atoms with Gasteiger partial charge >= 0.3 is 6.09 Å². The number of carbonyl (C=O) groups is 1. The first kappa shape index (κ1) is 11.4. The normalized spacial score (nSPS) is 11.7. The summed E-state index contributed by atoms with van der Waals surface area (Å²) in [5.41, 5.74) is 6.38. The molecule has 1 aromatic carbocycles. The molecule has 0 bridgehead atoms.